The van der Waals surface area contributed by atoms with Gasteiger partial charge in [-0.2, -0.15) is 0 Å². The van der Waals surface area contributed by atoms with Crippen LogP contribution in [0.25, 0.3) is 0 Å². The Bertz CT molecular complexity index is 777. The number of benzene rings is 2. The number of para-hydroxylation sites is 1. The molecule has 1 atom stereocenters. The van der Waals surface area contributed by atoms with E-state index in [1.165, 1.54) is 4.90 Å². The Morgan fingerprint density at radius 3 is 2.44 bits per heavy atom. The van der Waals surface area contributed by atoms with E-state index in [-0.39, 0.29) is 18.4 Å². The molecule has 0 heterocycles. The molecule has 1 unspecified atom stereocenters. The van der Waals surface area contributed by atoms with Gasteiger partial charge in [0.2, 0.25) is 5.91 Å². The third-order valence-electron chi connectivity index (χ3n) is 4.15. The highest BCUT2D eigenvalue weighted by atomic mass is 32.2. The molecule has 0 aliphatic heterocycles. The summed E-state index contributed by atoms with van der Waals surface area (Å²) in [5.74, 6) is 0.148. The highest BCUT2D eigenvalue weighted by molar-refractivity contribution is 7.98. The molecule has 2 amide bonds. The number of amides is 2. The van der Waals surface area contributed by atoms with Gasteiger partial charge >= 0.3 is 0 Å². The summed E-state index contributed by atoms with van der Waals surface area (Å²) in [6.45, 7) is 3.69. The Morgan fingerprint density at radius 2 is 1.81 bits per heavy atom. The largest absolute Gasteiger partial charge is 0.481 e. The second kappa shape index (κ2) is 10.0. The highest BCUT2D eigenvalue weighted by Gasteiger charge is 2.21. The monoisotopic (exact) mass is 386 g/mol. The molecule has 2 aromatic carbocycles. The summed E-state index contributed by atoms with van der Waals surface area (Å²) in [7, 11) is 1.60. The van der Waals surface area contributed by atoms with E-state index in [0.717, 1.165) is 22.6 Å². The summed E-state index contributed by atoms with van der Waals surface area (Å²) in [6.07, 6.45) is 2.15. The first-order valence-electron chi connectivity index (χ1n) is 8.88. The molecular weight excluding hydrogens is 360 g/mol. The van der Waals surface area contributed by atoms with E-state index < -0.39 is 6.10 Å². The molecule has 0 saturated carbocycles. The Balaban J connectivity index is 1.90. The minimum absolute atomic E-state index is 0.0318. The van der Waals surface area contributed by atoms with E-state index in [9.17, 15) is 9.59 Å². The zero-order valence-corrected chi connectivity index (χ0v) is 17.0. The molecule has 0 radical (unpaired) electrons. The smallest absolute Gasteiger partial charge is 0.263 e. The van der Waals surface area contributed by atoms with Gasteiger partial charge in [0, 0.05) is 17.6 Å². The Hall–Kier alpha value is -2.47. The quantitative estimate of drug-likeness (QED) is 0.701. The van der Waals surface area contributed by atoms with E-state index >= 15 is 0 Å². The Labute approximate surface area is 165 Å². The molecule has 0 saturated heterocycles. The Morgan fingerprint density at radius 1 is 1.15 bits per heavy atom. The molecule has 1 N–H and O–H groups in total. The molecule has 2 aromatic rings. The Kier molecular flexibility index (Phi) is 7.73. The van der Waals surface area contributed by atoms with Gasteiger partial charge in [0.05, 0.1) is 6.54 Å². The number of carbonyl (C=O) groups excluding carboxylic acids is 2. The van der Waals surface area contributed by atoms with Gasteiger partial charge in [-0.3, -0.25) is 9.59 Å². The van der Waals surface area contributed by atoms with Crippen molar-refractivity contribution in [3.05, 3.63) is 54.1 Å². The van der Waals surface area contributed by atoms with Crippen LogP contribution in [0.1, 0.15) is 19.4 Å². The van der Waals surface area contributed by atoms with Crippen LogP contribution in [0.2, 0.25) is 0 Å². The second-order valence-electron chi connectivity index (χ2n) is 6.19. The first-order valence-corrected chi connectivity index (χ1v) is 10.1. The van der Waals surface area contributed by atoms with Gasteiger partial charge < -0.3 is 15.0 Å². The average Bonchev–Trinajstić information content (AvgIpc) is 2.68. The number of ether oxygens (including phenoxy) is 1. The van der Waals surface area contributed by atoms with Crippen LogP contribution in [-0.4, -0.2) is 42.7 Å². The SMILES string of the molecule is CCc1ccccc1NC(=O)CN(C)C(=O)C(C)Oc1ccc(SC)cc1. The van der Waals surface area contributed by atoms with Gasteiger partial charge in [0.1, 0.15) is 5.75 Å². The van der Waals surface area contributed by atoms with Crippen LogP contribution >= 0.6 is 11.8 Å². The van der Waals surface area contributed by atoms with E-state index in [0.29, 0.717) is 5.75 Å². The number of nitrogens with one attached hydrogen (secondary N) is 1. The fourth-order valence-corrected chi connectivity index (χ4v) is 3.06. The maximum atomic E-state index is 12.5. The van der Waals surface area contributed by atoms with Gasteiger partial charge in [-0.05, 0) is 55.5 Å². The molecule has 6 heteroatoms. The highest BCUT2D eigenvalue weighted by Crippen LogP contribution is 2.20. The lowest BCUT2D eigenvalue weighted by atomic mass is 10.1. The number of hydrogen-bond acceptors (Lipinski definition) is 4. The maximum Gasteiger partial charge on any atom is 0.263 e. The van der Waals surface area contributed by atoms with Crippen LogP contribution in [0.3, 0.4) is 0 Å². The van der Waals surface area contributed by atoms with Crippen molar-refractivity contribution in [2.24, 2.45) is 0 Å². The lowest BCUT2D eigenvalue weighted by Crippen LogP contribution is -2.42. The topological polar surface area (TPSA) is 58.6 Å². The number of carbonyl (C=O) groups is 2. The van der Waals surface area contributed by atoms with Crippen molar-refractivity contribution in [1.82, 2.24) is 4.90 Å². The summed E-state index contributed by atoms with van der Waals surface area (Å²) in [5.41, 5.74) is 1.84. The number of thioether (sulfide) groups is 1. The van der Waals surface area contributed by atoms with Crippen molar-refractivity contribution in [2.45, 2.75) is 31.3 Å². The molecule has 0 aliphatic carbocycles. The zero-order chi connectivity index (χ0) is 19.8. The van der Waals surface area contributed by atoms with Gasteiger partial charge in [0.15, 0.2) is 6.10 Å². The predicted molar refractivity (Wildman–Crippen MR) is 110 cm³/mol. The minimum Gasteiger partial charge on any atom is -0.481 e. The normalized spacial score (nSPS) is 11.6. The van der Waals surface area contributed by atoms with Crippen LogP contribution in [0.15, 0.2) is 53.4 Å². The van der Waals surface area contributed by atoms with E-state index in [1.807, 2.05) is 61.7 Å². The fraction of sp³-hybridized carbons (Fsp3) is 0.333. The lowest BCUT2D eigenvalue weighted by Gasteiger charge is -2.22. The number of hydrogen-bond donors (Lipinski definition) is 1. The number of likely N-dealkylation sites (N-methyl/N-ethyl adjacent to an activating group) is 1. The van der Waals surface area contributed by atoms with E-state index in [1.54, 1.807) is 25.7 Å². The molecule has 0 aromatic heterocycles. The van der Waals surface area contributed by atoms with Crippen molar-refractivity contribution in [3.8, 4) is 5.75 Å². The van der Waals surface area contributed by atoms with Crippen molar-refractivity contribution in [2.75, 3.05) is 25.2 Å². The molecule has 0 bridgehead atoms. The summed E-state index contributed by atoms with van der Waals surface area (Å²) in [4.78, 5) is 27.3. The number of anilines is 1. The van der Waals surface area contributed by atoms with Crippen molar-refractivity contribution in [1.29, 1.82) is 0 Å². The molecule has 2 rings (SSSR count). The molecule has 0 aliphatic rings. The van der Waals surface area contributed by atoms with Gasteiger partial charge in [-0.1, -0.05) is 25.1 Å². The second-order valence-corrected chi connectivity index (χ2v) is 7.07. The van der Waals surface area contributed by atoms with E-state index in [4.69, 9.17) is 4.74 Å². The first kappa shape index (κ1) is 20.8. The van der Waals surface area contributed by atoms with Crippen LogP contribution in [0.4, 0.5) is 5.69 Å². The summed E-state index contributed by atoms with van der Waals surface area (Å²) >= 11 is 1.64. The third kappa shape index (κ3) is 6.03. The summed E-state index contributed by atoms with van der Waals surface area (Å²) < 4.78 is 5.70. The molecule has 5 nitrogen and oxygen atoms in total. The number of nitrogens with zero attached hydrogens (tertiary/aromatic N) is 1. The molecule has 144 valence electrons. The zero-order valence-electron chi connectivity index (χ0n) is 16.2. The minimum atomic E-state index is -0.675. The fourth-order valence-electron chi connectivity index (χ4n) is 2.65. The average molecular weight is 387 g/mol. The van der Waals surface area contributed by atoms with Gasteiger partial charge in [0.25, 0.3) is 5.91 Å². The van der Waals surface area contributed by atoms with Crippen molar-refractivity contribution >= 4 is 29.3 Å². The van der Waals surface area contributed by atoms with Gasteiger partial charge in [-0.15, -0.1) is 11.8 Å². The van der Waals surface area contributed by atoms with Crippen molar-refractivity contribution < 1.29 is 14.3 Å². The van der Waals surface area contributed by atoms with Crippen molar-refractivity contribution in [3.63, 3.8) is 0 Å². The van der Waals surface area contributed by atoms with Crippen LogP contribution < -0.4 is 10.1 Å². The number of aryl methyl sites for hydroxylation is 1. The lowest BCUT2D eigenvalue weighted by molar-refractivity contribution is -0.139. The molecule has 27 heavy (non-hydrogen) atoms. The first-order chi connectivity index (χ1) is 12.9. The summed E-state index contributed by atoms with van der Waals surface area (Å²) in [6, 6.07) is 15.2. The van der Waals surface area contributed by atoms with Gasteiger partial charge in [-0.25, -0.2) is 0 Å². The molecular formula is C21H26N2O3S. The standard InChI is InChI=1S/C21H26N2O3S/c1-5-16-8-6-7-9-19(16)22-20(24)14-23(3)21(25)15(2)26-17-10-12-18(27-4)13-11-17/h6-13,15H,5,14H2,1-4H3,(H,22,24). The predicted octanol–water partition coefficient (Wildman–Crippen LogP) is 3.84. The maximum absolute atomic E-state index is 12.5. The van der Waals surface area contributed by atoms with Crippen LogP contribution in [0, 0.1) is 0 Å². The molecule has 0 spiro atoms. The van der Waals surface area contributed by atoms with E-state index in [2.05, 4.69) is 5.32 Å². The van der Waals surface area contributed by atoms with Crippen LogP contribution in [-0.2, 0) is 16.0 Å². The molecule has 0 fully saturated rings. The van der Waals surface area contributed by atoms with Crippen LogP contribution in [0.5, 0.6) is 5.75 Å². The summed E-state index contributed by atoms with van der Waals surface area (Å²) in [5, 5.41) is 2.87. The third-order valence-corrected chi connectivity index (χ3v) is 4.89. The number of rotatable bonds is 8.